The Kier molecular flexibility index (Phi) is 5.14. The minimum absolute atomic E-state index is 0.134. The van der Waals surface area contributed by atoms with E-state index in [-0.39, 0.29) is 5.75 Å². The van der Waals surface area contributed by atoms with Gasteiger partial charge in [-0.05, 0) is 18.6 Å². The summed E-state index contributed by atoms with van der Waals surface area (Å²) < 4.78 is 26.1. The molecule has 5 nitrogen and oxygen atoms in total. The number of sulfonamides is 1. The predicted octanol–water partition coefficient (Wildman–Crippen LogP) is 2.87. The molecule has 0 radical (unpaired) electrons. The van der Waals surface area contributed by atoms with Crippen molar-refractivity contribution in [3.05, 3.63) is 22.4 Å². The summed E-state index contributed by atoms with van der Waals surface area (Å²) >= 11 is 2.87. The summed E-state index contributed by atoms with van der Waals surface area (Å²) in [6.45, 7) is 2.47. The van der Waals surface area contributed by atoms with E-state index >= 15 is 0 Å². The van der Waals surface area contributed by atoms with Gasteiger partial charge in [0.05, 0.1) is 16.3 Å². The van der Waals surface area contributed by atoms with E-state index in [1.807, 2.05) is 24.4 Å². The molecule has 3 N–H and O–H groups in total. The largest absolute Gasteiger partial charge is 0.326 e. The van der Waals surface area contributed by atoms with Crippen molar-refractivity contribution in [2.45, 2.75) is 26.3 Å². The van der Waals surface area contributed by atoms with E-state index in [0.29, 0.717) is 18.1 Å². The third-order valence-electron chi connectivity index (χ3n) is 2.63. The molecule has 2 aromatic heterocycles. The van der Waals surface area contributed by atoms with Crippen molar-refractivity contribution in [1.29, 1.82) is 0 Å². The first kappa shape index (κ1) is 15.4. The fourth-order valence-corrected chi connectivity index (χ4v) is 4.71. The Morgan fingerprint density at radius 3 is 2.85 bits per heavy atom. The number of anilines is 1. The van der Waals surface area contributed by atoms with Crippen LogP contribution < -0.4 is 10.5 Å². The highest BCUT2D eigenvalue weighted by atomic mass is 32.2. The monoisotopic (exact) mass is 331 g/mol. The van der Waals surface area contributed by atoms with Crippen molar-refractivity contribution in [2.75, 3.05) is 10.5 Å². The SMILES string of the molecule is CCCCS(=O)(=O)Nc1nc(-c2ccc(CN)s2)cs1. The summed E-state index contributed by atoms with van der Waals surface area (Å²) in [6, 6.07) is 3.92. The van der Waals surface area contributed by atoms with Crippen molar-refractivity contribution in [2.24, 2.45) is 5.73 Å². The lowest BCUT2D eigenvalue weighted by atomic mass is 10.4. The van der Waals surface area contributed by atoms with Crippen LogP contribution in [-0.2, 0) is 16.6 Å². The summed E-state index contributed by atoms with van der Waals surface area (Å²) in [6.07, 6.45) is 1.50. The number of nitrogens with zero attached hydrogens (tertiary/aromatic N) is 1. The predicted molar refractivity (Wildman–Crippen MR) is 85.6 cm³/mol. The maximum Gasteiger partial charge on any atom is 0.234 e. The number of nitrogens with two attached hydrogens (primary N) is 1. The van der Waals surface area contributed by atoms with Gasteiger partial charge in [0.15, 0.2) is 5.13 Å². The van der Waals surface area contributed by atoms with Crippen LogP contribution in [0.4, 0.5) is 5.13 Å². The average Bonchev–Trinajstić information content (AvgIpc) is 3.04. The summed E-state index contributed by atoms with van der Waals surface area (Å²) in [5, 5.41) is 2.27. The van der Waals surface area contributed by atoms with E-state index in [1.54, 1.807) is 11.3 Å². The van der Waals surface area contributed by atoms with Gasteiger partial charge in [-0.1, -0.05) is 13.3 Å². The third kappa shape index (κ3) is 4.02. The molecule has 0 saturated carbocycles. The van der Waals surface area contributed by atoms with Crippen LogP contribution in [0.2, 0.25) is 0 Å². The molecular formula is C12H17N3O2S3. The Morgan fingerprint density at radius 1 is 1.40 bits per heavy atom. The van der Waals surface area contributed by atoms with Crippen LogP contribution in [0.15, 0.2) is 17.5 Å². The van der Waals surface area contributed by atoms with Crippen LogP contribution in [0.5, 0.6) is 0 Å². The summed E-state index contributed by atoms with van der Waals surface area (Å²) in [5.41, 5.74) is 6.36. The second kappa shape index (κ2) is 6.66. The Labute approximate surface area is 126 Å². The zero-order valence-electron chi connectivity index (χ0n) is 11.1. The normalized spacial score (nSPS) is 11.7. The van der Waals surface area contributed by atoms with E-state index in [0.717, 1.165) is 21.9 Å². The van der Waals surface area contributed by atoms with Gasteiger partial charge in [-0.3, -0.25) is 4.72 Å². The zero-order chi connectivity index (χ0) is 14.6. The van der Waals surface area contributed by atoms with Gasteiger partial charge >= 0.3 is 0 Å². The molecule has 110 valence electrons. The van der Waals surface area contributed by atoms with Gasteiger partial charge in [0.1, 0.15) is 0 Å². The van der Waals surface area contributed by atoms with Crippen LogP contribution in [-0.4, -0.2) is 19.2 Å². The molecule has 2 rings (SSSR count). The molecule has 2 aromatic rings. The van der Waals surface area contributed by atoms with Gasteiger partial charge in [0, 0.05) is 16.8 Å². The summed E-state index contributed by atoms with van der Waals surface area (Å²) in [7, 11) is -3.28. The van der Waals surface area contributed by atoms with E-state index in [4.69, 9.17) is 5.73 Å². The first-order chi connectivity index (χ1) is 9.54. The van der Waals surface area contributed by atoms with Gasteiger partial charge in [-0.25, -0.2) is 13.4 Å². The molecule has 0 unspecified atom stereocenters. The maximum atomic E-state index is 11.8. The number of aromatic nitrogens is 1. The highest BCUT2D eigenvalue weighted by Crippen LogP contribution is 2.30. The van der Waals surface area contributed by atoms with Crippen LogP contribution >= 0.6 is 22.7 Å². The molecule has 0 aliphatic carbocycles. The fourth-order valence-electron chi connectivity index (χ4n) is 1.58. The number of hydrogen-bond acceptors (Lipinski definition) is 6. The first-order valence-electron chi connectivity index (χ1n) is 6.29. The molecule has 0 fully saturated rings. The Morgan fingerprint density at radius 2 is 2.20 bits per heavy atom. The molecule has 8 heteroatoms. The topological polar surface area (TPSA) is 85.1 Å². The van der Waals surface area contributed by atoms with Gasteiger partial charge in [-0.2, -0.15) is 0 Å². The first-order valence-corrected chi connectivity index (χ1v) is 9.64. The van der Waals surface area contributed by atoms with Gasteiger partial charge in [-0.15, -0.1) is 22.7 Å². The third-order valence-corrected chi connectivity index (χ3v) is 5.98. The standard InChI is InChI=1S/C12H17N3O2S3/c1-2-3-6-20(16,17)15-12-14-10(8-18-12)11-5-4-9(7-13)19-11/h4-5,8H,2-3,6-7,13H2,1H3,(H,14,15). The maximum absolute atomic E-state index is 11.8. The van der Waals surface area contributed by atoms with Crippen LogP contribution in [0.1, 0.15) is 24.6 Å². The lowest BCUT2D eigenvalue weighted by Gasteiger charge is -2.03. The number of thiazole rings is 1. The minimum Gasteiger partial charge on any atom is -0.326 e. The number of thiophene rings is 1. The Balaban J connectivity index is 2.09. The molecular weight excluding hydrogens is 314 g/mol. The molecule has 0 saturated heterocycles. The van der Waals surface area contributed by atoms with Gasteiger partial charge in [0.25, 0.3) is 0 Å². The number of unbranched alkanes of at least 4 members (excludes halogenated alkanes) is 1. The highest BCUT2D eigenvalue weighted by molar-refractivity contribution is 7.92. The molecule has 0 aliphatic rings. The lowest BCUT2D eigenvalue weighted by Crippen LogP contribution is -2.16. The van der Waals surface area contributed by atoms with Crippen molar-refractivity contribution < 1.29 is 8.42 Å². The number of rotatable bonds is 7. The molecule has 20 heavy (non-hydrogen) atoms. The van der Waals surface area contributed by atoms with E-state index in [1.165, 1.54) is 11.3 Å². The van der Waals surface area contributed by atoms with Gasteiger partial charge < -0.3 is 5.73 Å². The second-order valence-electron chi connectivity index (χ2n) is 4.28. The van der Waals surface area contributed by atoms with Gasteiger partial charge in [0.2, 0.25) is 10.0 Å². The molecule has 0 spiro atoms. The van der Waals surface area contributed by atoms with E-state index < -0.39 is 10.0 Å². The van der Waals surface area contributed by atoms with Crippen molar-refractivity contribution >= 4 is 37.8 Å². The second-order valence-corrected chi connectivity index (χ2v) is 8.15. The lowest BCUT2D eigenvalue weighted by molar-refractivity contribution is 0.598. The number of nitrogens with one attached hydrogen (secondary N) is 1. The Hall–Kier alpha value is -0.960. The van der Waals surface area contributed by atoms with Crippen molar-refractivity contribution in [3.63, 3.8) is 0 Å². The molecule has 0 amide bonds. The molecule has 0 atom stereocenters. The smallest absolute Gasteiger partial charge is 0.234 e. The Bertz CT molecular complexity index is 661. The van der Waals surface area contributed by atoms with E-state index in [9.17, 15) is 8.42 Å². The molecule has 0 bridgehead atoms. The molecule has 2 heterocycles. The summed E-state index contributed by atoms with van der Waals surface area (Å²) in [4.78, 5) is 6.40. The highest BCUT2D eigenvalue weighted by Gasteiger charge is 2.13. The summed E-state index contributed by atoms with van der Waals surface area (Å²) in [5.74, 6) is 0.134. The van der Waals surface area contributed by atoms with Crippen molar-refractivity contribution in [3.8, 4) is 10.6 Å². The molecule has 0 aromatic carbocycles. The quantitative estimate of drug-likeness (QED) is 0.817. The van der Waals surface area contributed by atoms with Crippen LogP contribution in [0.25, 0.3) is 10.6 Å². The fraction of sp³-hybridized carbons (Fsp3) is 0.417. The zero-order valence-corrected chi connectivity index (χ0v) is 13.6. The van der Waals surface area contributed by atoms with Crippen LogP contribution in [0, 0.1) is 0 Å². The van der Waals surface area contributed by atoms with Crippen molar-refractivity contribution in [1.82, 2.24) is 4.98 Å². The average molecular weight is 331 g/mol. The minimum atomic E-state index is -3.28. The van der Waals surface area contributed by atoms with Crippen LogP contribution in [0.3, 0.4) is 0 Å². The molecule has 0 aliphatic heterocycles. The van der Waals surface area contributed by atoms with E-state index in [2.05, 4.69) is 9.71 Å². The number of hydrogen-bond donors (Lipinski definition) is 2.